The van der Waals surface area contributed by atoms with Crippen molar-refractivity contribution in [2.45, 2.75) is 16.8 Å². The topological polar surface area (TPSA) is 78.5 Å². The number of nitrogens with one attached hydrogen (secondary N) is 2. The number of carbonyl (C=O) groups is 3. The van der Waals surface area contributed by atoms with Crippen LogP contribution in [-0.4, -0.2) is 40.9 Å². The first-order valence-electron chi connectivity index (χ1n) is 11.5. The van der Waals surface area contributed by atoms with Crippen LogP contribution in [0.15, 0.2) is 54.6 Å². The van der Waals surface area contributed by atoms with Crippen LogP contribution in [-0.2, 0) is 11.3 Å². The first kappa shape index (κ1) is 27.1. The van der Waals surface area contributed by atoms with Gasteiger partial charge in [-0.3, -0.25) is 9.59 Å². The van der Waals surface area contributed by atoms with Crippen LogP contribution in [0.3, 0.4) is 0 Å². The Bertz CT molecular complexity index is 1470. The van der Waals surface area contributed by atoms with Crippen molar-refractivity contribution in [1.82, 2.24) is 4.90 Å². The van der Waals surface area contributed by atoms with Gasteiger partial charge in [0.2, 0.25) is 0 Å². The molecule has 1 fully saturated rings. The lowest BCUT2D eigenvalue weighted by Gasteiger charge is -2.15. The Morgan fingerprint density at radius 1 is 1.03 bits per heavy atom. The predicted molar refractivity (Wildman–Crippen MR) is 152 cm³/mol. The van der Waals surface area contributed by atoms with E-state index >= 15 is 0 Å². The van der Waals surface area contributed by atoms with Crippen LogP contribution in [0.2, 0.25) is 15.1 Å². The Morgan fingerprint density at radius 3 is 2.39 bits per heavy atom. The van der Waals surface area contributed by atoms with Crippen molar-refractivity contribution in [3.63, 3.8) is 0 Å². The normalized spacial score (nSPS) is 21.2. The van der Waals surface area contributed by atoms with E-state index in [2.05, 4.69) is 10.6 Å². The molecule has 1 heterocycles. The molecule has 2 atom stereocenters. The SMILES string of the molecule is CN1Cc2cc(NC(=O)c3cc(NCC4(C=O)C(c5cc(Cl)cc(Cl)c5)C4(Cl)Cl)ccc3Cl)ccc2C1=O. The molecule has 1 saturated carbocycles. The van der Waals surface area contributed by atoms with Gasteiger partial charge in [0.25, 0.3) is 11.8 Å². The minimum Gasteiger partial charge on any atom is -0.384 e. The van der Waals surface area contributed by atoms with Crippen LogP contribution in [0.25, 0.3) is 0 Å². The van der Waals surface area contributed by atoms with Crippen molar-refractivity contribution < 1.29 is 14.4 Å². The summed E-state index contributed by atoms with van der Waals surface area (Å²) in [5, 5.41) is 7.06. The lowest BCUT2D eigenvalue weighted by molar-refractivity contribution is -0.112. The molecule has 2 aliphatic rings. The number of amides is 2. The van der Waals surface area contributed by atoms with Gasteiger partial charge in [-0.05, 0) is 65.7 Å². The molecule has 0 saturated heterocycles. The zero-order valence-electron chi connectivity index (χ0n) is 19.8. The van der Waals surface area contributed by atoms with E-state index in [4.69, 9.17) is 58.0 Å². The molecule has 0 bridgehead atoms. The minimum absolute atomic E-state index is 0.0536. The fourth-order valence-corrected chi connectivity index (χ4v) is 6.65. The highest BCUT2D eigenvalue weighted by molar-refractivity contribution is 6.54. The third-order valence-corrected chi connectivity index (χ3v) is 8.89. The molecule has 3 aromatic carbocycles. The van der Waals surface area contributed by atoms with Gasteiger partial charge in [0, 0.05) is 53.0 Å². The van der Waals surface area contributed by atoms with Crippen LogP contribution in [0, 0.1) is 5.41 Å². The van der Waals surface area contributed by atoms with Gasteiger partial charge >= 0.3 is 0 Å². The molecular weight excluding hydrogens is 592 g/mol. The molecule has 2 unspecified atom stereocenters. The fraction of sp³-hybridized carbons (Fsp3) is 0.222. The molecule has 1 aliphatic carbocycles. The Hall–Kier alpha value is -2.48. The summed E-state index contributed by atoms with van der Waals surface area (Å²) in [6.45, 7) is 0.564. The molecule has 11 heteroatoms. The maximum atomic E-state index is 13.1. The number of alkyl halides is 2. The summed E-state index contributed by atoms with van der Waals surface area (Å²) in [6, 6.07) is 14.9. The van der Waals surface area contributed by atoms with Crippen molar-refractivity contribution in [3.8, 4) is 0 Å². The van der Waals surface area contributed by atoms with Gasteiger partial charge in [-0.2, -0.15) is 0 Å². The zero-order chi connectivity index (χ0) is 27.4. The van der Waals surface area contributed by atoms with Crippen LogP contribution >= 0.6 is 58.0 Å². The number of anilines is 2. The van der Waals surface area contributed by atoms with Crippen molar-refractivity contribution in [2.24, 2.45) is 5.41 Å². The maximum Gasteiger partial charge on any atom is 0.257 e. The van der Waals surface area contributed by atoms with E-state index in [0.29, 0.717) is 39.1 Å². The number of aldehydes is 1. The molecule has 0 radical (unpaired) electrons. The summed E-state index contributed by atoms with van der Waals surface area (Å²) < 4.78 is -1.38. The van der Waals surface area contributed by atoms with E-state index in [-0.39, 0.29) is 23.0 Å². The van der Waals surface area contributed by atoms with Gasteiger partial charge in [0.15, 0.2) is 0 Å². The number of rotatable bonds is 7. The third kappa shape index (κ3) is 4.63. The highest BCUT2D eigenvalue weighted by Gasteiger charge is 2.76. The standard InChI is InChI=1S/C27H20Cl5N3O3/c1-35-11-15-8-19(2-4-20(15)25(35)38)34-24(37)21-10-18(3-5-22(21)30)33-12-26(13-36)23(27(26,31)32)14-6-16(28)9-17(29)7-14/h2-10,13,23,33H,11-12H2,1H3,(H,34,37). The van der Waals surface area contributed by atoms with E-state index < -0.39 is 21.6 Å². The molecule has 5 rings (SSSR count). The van der Waals surface area contributed by atoms with Gasteiger partial charge in [-0.25, -0.2) is 0 Å². The smallest absolute Gasteiger partial charge is 0.257 e. The summed E-state index contributed by atoms with van der Waals surface area (Å²) in [4.78, 5) is 39.0. The largest absolute Gasteiger partial charge is 0.384 e. The molecule has 1 aliphatic heterocycles. The van der Waals surface area contributed by atoms with Crippen molar-refractivity contribution in [1.29, 1.82) is 0 Å². The van der Waals surface area contributed by atoms with Gasteiger partial charge in [-0.15, -0.1) is 0 Å². The second-order valence-corrected chi connectivity index (χ2v) is 12.1. The fourth-order valence-electron chi connectivity index (χ4n) is 4.93. The molecule has 6 nitrogen and oxygen atoms in total. The minimum atomic E-state index is -1.38. The first-order chi connectivity index (χ1) is 18.0. The maximum absolute atomic E-state index is 13.1. The van der Waals surface area contributed by atoms with Crippen LogP contribution in [0.1, 0.15) is 37.8 Å². The summed E-state index contributed by atoms with van der Waals surface area (Å²) >= 11 is 31.8. The molecule has 2 amide bonds. The summed E-state index contributed by atoms with van der Waals surface area (Å²) in [5.41, 5.74) is 2.26. The van der Waals surface area contributed by atoms with Gasteiger partial charge in [-0.1, -0.05) is 58.0 Å². The van der Waals surface area contributed by atoms with Crippen LogP contribution in [0.5, 0.6) is 0 Å². The summed E-state index contributed by atoms with van der Waals surface area (Å²) in [7, 11) is 1.72. The molecule has 2 N–H and O–H groups in total. The monoisotopic (exact) mass is 609 g/mol. The summed E-state index contributed by atoms with van der Waals surface area (Å²) in [6.07, 6.45) is 0.735. The molecule has 196 valence electrons. The van der Waals surface area contributed by atoms with Gasteiger partial charge in [0.1, 0.15) is 10.6 Å². The van der Waals surface area contributed by atoms with E-state index in [0.717, 1.165) is 11.8 Å². The average molecular weight is 612 g/mol. The molecule has 0 spiro atoms. The number of benzene rings is 3. The molecule has 0 aromatic heterocycles. The van der Waals surface area contributed by atoms with Gasteiger partial charge < -0.3 is 20.3 Å². The average Bonchev–Trinajstić information content (AvgIpc) is 3.22. The van der Waals surface area contributed by atoms with Crippen LogP contribution in [0.4, 0.5) is 11.4 Å². The second-order valence-electron chi connectivity index (χ2n) is 9.45. The summed E-state index contributed by atoms with van der Waals surface area (Å²) in [5.74, 6) is -1.02. The Kier molecular flexibility index (Phi) is 7.08. The van der Waals surface area contributed by atoms with E-state index in [1.807, 2.05) is 0 Å². The Labute approximate surface area is 244 Å². The van der Waals surface area contributed by atoms with Crippen molar-refractivity contribution >= 4 is 87.5 Å². The van der Waals surface area contributed by atoms with E-state index in [1.165, 1.54) is 0 Å². The predicted octanol–water partition coefficient (Wildman–Crippen LogP) is 7.05. The number of hydrogen-bond acceptors (Lipinski definition) is 4. The number of nitrogens with zero attached hydrogens (tertiary/aromatic N) is 1. The highest BCUT2D eigenvalue weighted by Crippen LogP contribution is 2.73. The number of halogens is 5. The second kappa shape index (κ2) is 9.92. The van der Waals surface area contributed by atoms with Gasteiger partial charge in [0.05, 0.1) is 16.0 Å². The quantitative estimate of drug-likeness (QED) is 0.222. The number of hydrogen-bond donors (Lipinski definition) is 2. The van der Waals surface area contributed by atoms with E-state index in [1.54, 1.807) is 66.5 Å². The first-order valence-corrected chi connectivity index (χ1v) is 13.4. The third-order valence-electron chi connectivity index (χ3n) is 6.99. The molecule has 3 aromatic rings. The number of carbonyl (C=O) groups excluding carboxylic acids is 3. The Morgan fingerprint density at radius 2 is 1.71 bits per heavy atom. The molecular formula is C27H20Cl5N3O3. The van der Waals surface area contributed by atoms with E-state index in [9.17, 15) is 14.4 Å². The molecule has 38 heavy (non-hydrogen) atoms. The lowest BCUT2D eigenvalue weighted by Crippen LogP contribution is -2.23. The highest BCUT2D eigenvalue weighted by atomic mass is 35.5. The van der Waals surface area contributed by atoms with Crippen molar-refractivity contribution in [2.75, 3.05) is 24.2 Å². The van der Waals surface area contributed by atoms with Crippen LogP contribution < -0.4 is 10.6 Å². The lowest BCUT2D eigenvalue weighted by atomic mass is 10.00. The van der Waals surface area contributed by atoms with Crippen molar-refractivity contribution in [3.05, 3.63) is 91.9 Å². The zero-order valence-corrected chi connectivity index (χ0v) is 23.6. The number of fused-ring (bicyclic) bond motifs is 1. The Balaban J connectivity index is 1.33.